The van der Waals surface area contributed by atoms with E-state index in [0.29, 0.717) is 17.8 Å². The zero-order valence-electron chi connectivity index (χ0n) is 13.8. The summed E-state index contributed by atoms with van der Waals surface area (Å²) < 4.78 is 0. The van der Waals surface area contributed by atoms with Crippen LogP contribution < -0.4 is 16.0 Å². The lowest BCUT2D eigenvalue weighted by molar-refractivity contribution is 0.0656. The molecule has 1 atom stereocenters. The van der Waals surface area contributed by atoms with Crippen molar-refractivity contribution >= 4 is 30.0 Å². The number of piperazine rings is 1. The Morgan fingerprint density at radius 3 is 2.74 bits per heavy atom. The van der Waals surface area contributed by atoms with E-state index in [4.69, 9.17) is 0 Å². The zero-order valence-corrected chi connectivity index (χ0v) is 14.6. The molecule has 0 bridgehead atoms. The van der Waals surface area contributed by atoms with Crippen LogP contribution in [0.15, 0.2) is 24.3 Å². The minimum Gasteiger partial charge on any atom is -0.336 e. The molecule has 6 nitrogen and oxygen atoms in total. The average molecular weight is 341 g/mol. The van der Waals surface area contributed by atoms with E-state index in [-0.39, 0.29) is 36.4 Å². The van der Waals surface area contributed by atoms with Gasteiger partial charge in [-0.15, -0.1) is 12.4 Å². The standard InChI is InChI=1S/C16H24N4O2.ClH/c1-11(2)18-16(22)19-14-6-4-5-13(9-14)15(21)20-8-7-17-10-12(20)3;/h4-6,9,11-12,17H,7-8,10H2,1-3H3,(H2,18,19,22);1H/t12-;/m1./s1. The van der Waals surface area contributed by atoms with Gasteiger partial charge in [0.2, 0.25) is 0 Å². The third-order valence-electron chi connectivity index (χ3n) is 3.55. The molecule has 1 aliphatic heterocycles. The third-order valence-corrected chi connectivity index (χ3v) is 3.55. The van der Waals surface area contributed by atoms with Gasteiger partial charge in [-0.2, -0.15) is 0 Å². The van der Waals surface area contributed by atoms with Crippen molar-refractivity contribution in [2.45, 2.75) is 32.9 Å². The maximum absolute atomic E-state index is 12.6. The molecule has 1 fully saturated rings. The van der Waals surface area contributed by atoms with E-state index in [1.807, 2.05) is 25.7 Å². The first-order chi connectivity index (χ1) is 10.5. The lowest BCUT2D eigenvalue weighted by atomic mass is 10.1. The Hall–Kier alpha value is -1.79. The predicted molar refractivity (Wildman–Crippen MR) is 94.3 cm³/mol. The topological polar surface area (TPSA) is 73.5 Å². The first-order valence-corrected chi connectivity index (χ1v) is 7.66. The van der Waals surface area contributed by atoms with Crippen LogP contribution in [0.1, 0.15) is 31.1 Å². The molecule has 0 unspecified atom stereocenters. The van der Waals surface area contributed by atoms with E-state index in [0.717, 1.165) is 13.1 Å². The second kappa shape index (κ2) is 8.74. The fourth-order valence-electron chi connectivity index (χ4n) is 2.47. The summed E-state index contributed by atoms with van der Waals surface area (Å²) in [4.78, 5) is 26.2. The van der Waals surface area contributed by atoms with Crippen LogP contribution in [0.4, 0.5) is 10.5 Å². The van der Waals surface area contributed by atoms with Crippen molar-refractivity contribution in [3.63, 3.8) is 0 Å². The number of halogens is 1. The summed E-state index contributed by atoms with van der Waals surface area (Å²) in [5.74, 6) is 0.00178. The Labute approximate surface area is 143 Å². The number of nitrogens with zero attached hydrogens (tertiary/aromatic N) is 1. The number of benzene rings is 1. The first kappa shape index (κ1) is 19.3. The number of carbonyl (C=O) groups excluding carboxylic acids is 2. The number of carbonyl (C=O) groups is 2. The lowest BCUT2D eigenvalue weighted by Gasteiger charge is -2.34. The summed E-state index contributed by atoms with van der Waals surface area (Å²) in [6.45, 7) is 8.13. The smallest absolute Gasteiger partial charge is 0.319 e. The van der Waals surface area contributed by atoms with Gasteiger partial charge in [-0.1, -0.05) is 6.07 Å². The molecule has 7 heteroatoms. The van der Waals surface area contributed by atoms with E-state index in [1.165, 1.54) is 0 Å². The zero-order chi connectivity index (χ0) is 16.1. The number of hydrogen-bond acceptors (Lipinski definition) is 3. The van der Waals surface area contributed by atoms with E-state index in [2.05, 4.69) is 16.0 Å². The van der Waals surface area contributed by atoms with Crippen LogP contribution in [-0.2, 0) is 0 Å². The number of hydrogen-bond donors (Lipinski definition) is 3. The van der Waals surface area contributed by atoms with Gasteiger partial charge in [-0.3, -0.25) is 4.79 Å². The largest absolute Gasteiger partial charge is 0.336 e. The predicted octanol–water partition coefficient (Wildman–Crippen LogP) is 2.07. The minimum absolute atomic E-state index is 0. The van der Waals surface area contributed by atoms with Gasteiger partial charge in [0.1, 0.15) is 0 Å². The average Bonchev–Trinajstić information content (AvgIpc) is 2.46. The molecule has 1 heterocycles. The van der Waals surface area contributed by atoms with Gasteiger partial charge in [0, 0.05) is 43.0 Å². The van der Waals surface area contributed by atoms with Crippen LogP contribution in [0.5, 0.6) is 0 Å². The highest BCUT2D eigenvalue weighted by Crippen LogP contribution is 2.15. The number of amides is 3. The second-order valence-electron chi connectivity index (χ2n) is 5.89. The first-order valence-electron chi connectivity index (χ1n) is 7.66. The van der Waals surface area contributed by atoms with E-state index >= 15 is 0 Å². The van der Waals surface area contributed by atoms with E-state index in [1.54, 1.807) is 24.3 Å². The summed E-state index contributed by atoms with van der Waals surface area (Å²) in [6, 6.07) is 7.02. The van der Waals surface area contributed by atoms with Crippen molar-refractivity contribution < 1.29 is 9.59 Å². The molecular formula is C16H25ClN4O2. The molecule has 0 radical (unpaired) electrons. The van der Waals surface area contributed by atoms with Gasteiger partial charge in [0.15, 0.2) is 0 Å². The number of nitrogens with one attached hydrogen (secondary N) is 3. The molecule has 128 valence electrons. The van der Waals surface area contributed by atoms with Crippen molar-refractivity contribution in [2.24, 2.45) is 0 Å². The molecule has 1 aromatic carbocycles. The Morgan fingerprint density at radius 1 is 1.35 bits per heavy atom. The molecule has 3 N–H and O–H groups in total. The van der Waals surface area contributed by atoms with Gasteiger partial charge in [0.05, 0.1) is 0 Å². The molecule has 0 aromatic heterocycles. The molecular weight excluding hydrogens is 316 g/mol. The summed E-state index contributed by atoms with van der Waals surface area (Å²) in [5, 5.41) is 8.77. The van der Waals surface area contributed by atoms with Gasteiger partial charge in [0.25, 0.3) is 5.91 Å². The Kier molecular flexibility index (Phi) is 7.32. The SMILES string of the molecule is CC(C)NC(=O)Nc1cccc(C(=O)N2CCNC[C@H]2C)c1.Cl. The third kappa shape index (κ3) is 5.41. The maximum Gasteiger partial charge on any atom is 0.319 e. The highest BCUT2D eigenvalue weighted by atomic mass is 35.5. The molecule has 1 aromatic rings. The summed E-state index contributed by atoms with van der Waals surface area (Å²) in [7, 11) is 0. The van der Waals surface area contributed by atoms with Gasteiger partial charge >= 0.3 is 6.03 Å². The van der Waals surface area contributed by atoms with Crippen LogP contribution in [0.3, 0.4) is 0 Å². The van der Waals surface area contributed by atoms with Crippen molar-refractivity contribution in [1.29, 1.82) is 0 Å². The Morgan fingerprint density at radius 2 is 2.09 bits per heavy atom. The summed E-state index contributed by atoms with van der Waals surface area (Å²) >= 11 is 0. The minimum atomic E-state index is -0.268. The molecule has 0 spiro atoms. The van der Waals surface area contributed by atoms with E-state index < -0.39 is 0 Å². The monoisotopic (exact) mass is 340 g/mol. The van der Waals surface area contributed by atoms with Crippen LogP contribution in [0.2, 0.25) is 0 Å². The molecule has 0 aliphatic carbocycles. The number of rotatable bonds is 3. The highest BCUT2D eigenvalue weighted by molar-refractivity contribution is 5.97. The van der Waals surface area contributed by atoms with Gasteiger partial charge in [-0.05, 0) is 39.0 Å². The summed E-state index contributed by atoms with van der Waals surface area (Å²) in [5.41, 5.74) is 1.21. The molecule has 2 rings (SSSR count). The van der Waals surface area contributed by atoms with Gasteiger partial charge in [-0.25, -0.2) is 4.79 Å². The summed E-state index contributed by atoms with van der Waals surface area (Å²) in [6.07, 6.45) is 0. The van der Waals surface area contributed by atoms with Crippen molar-refractivity contribution in [2.75, 3.05) is 25.0 Å². The van der Waals surface area contributed by atoms with E-state index in [9.17, 15) is 9.59 Å². The van der Waals surface area contributed by atoms with Crippen LogP contribution in [0.25, 0.3) is 0 Å². The van der Waals surface area contributed by atoms with Crippen molar-refractivity contribution in [1.82, 2.24) is 15.5 Å². The van der Waals surface area contributed by atoms with Crippen molar-refractivity contribution in [3.05, 3.63) is 29.8 Å². The lowest BCUT2D eigenvalue weighted by Crippen LogP contribution is -2.52. The fraction of sp³-hybridized carbons (Fsp3) is 0.500. The Bertz CT molecular complexity index is 551. The number of anilines is 1. The van der Waals surface area contributed by atoms with Crippen LogP contribution in [-0.4, -0.2) is 48.6 Å². The Balaban J connectivity index is 0.00000264. The fourth-order valence-corrected chi connectivity index (χ4v) is 2.47. The van der Waals surface area contributed by atoms with Gasteiger partial charge < -0.3 is 20.9 Å². The van der Waals surface area contributed by atoms with Crippen molar-refractivity contribution in [3.8, 4) is 0 Å². The molecule has 0 saturated carbocycles. The molecule has 1 aliphatic rings. The van der Waals surface area contributed by atoms with Crippen LogP contribution in [0, 0.1) is 0 Å². The normalized spacial score (nSPS) is 17.4. The molecule has 3 amide bonds. The highest BCUT2D eigenvalue weighted by Gasteiger charge is 2.24. The second-order valence-corrected chi connectivity index (χ2v) is 5.89. The maximum atomic E-state index is 12.6. The quantitative estimate of drug-likeness (QED) is 0.788. The molecule has 23 heavy (non-hydrogen) atoms. The number of urea groups is 1. The molecule has 1 saturated heterocycles. The van der Waals surface area contributed by atoms with Crippen LogP contribution >= 0.6 is 12.4 Å².